The highest BCUT2D eigenvalue weighted by Crippen LogP contribution is 2.44. The van der Waals surface area contributed by atoms with E-state index in [2.05, 4.69) is 22.8 Å². The van der Waals surface area contributed by atoms with E-state index in [-0.39, 0.29) is 38.1 Å². The fourth-order valence-corrected chi connectivity index (χ4v) is 4.38. The molecule has 2 unspecified atom stereocenters. The van der Waals surface area contributed by atoms with Gasteiger partial charge in [0.1, 0.15) is 12.5 Å². The predicted octanol–water partition coefficient (Wildman–Crippen LogP) is 2.52. The maximum absolute atomic E-state index is 12.3. The van der Waals surface area contributed by atoms with Crippen molar-refractivity contribution in [2.45, 2.75) is 31.3 Å². The summed E-state index contributed by atoms with van der Waals surface area (Å²) < 4.78 is 10.6. The van der Waals surface area contributed by atoms with Crippen molar-refractivity contribution in [2.24, 2.45) is 5.92 Å². The number of ether oxygens (including phenoxy) is 2. The highest BCUT2D eigenvalue weighted by atomic mass is 16.5. The molecule has 3 N–H and O–H groups in total. The van der Waals surface area contributed by atoms with Crippen LogP contribution in [0, 0.1) is 5.92 Å². The second-order valence-corrected chi connectivity index (χ2v) is 8.23. The summed E-state index contributed by atoms with van der Waals surface area (Å²) in [5, 5.41) is 14.5. The molecule has 1 heterocycles. The first-order valence-corrected chi connectivity index (χ1v) is 10.7. The molecule has 3 atom stereocenters. The Morgan fingerprint density at radius 2 is 1.69 bits per heavy atom. The van der Waals surface area contributed by atoms with Crippen LogP contribution in [0.15, 0.2) is 48.5 Å². The SMILES string of the molecule is C[C@@H](CC(=O)NC1COCC1C(=O)O)NC(=O)OCC1c2ccccc2-c2ccccc21. The Bertz CT molecular complexity index is 978. The van der Waals surface area contributed by atoms with Gasteiger partial charge in [-0.3, -0.25) is 9.59 Å². The number of rotatable bonds is 7. The van der Waals surface area contributed by atoms with Crippen molar-refractivity contribution in [3.8, 4) is 11.1 Å². The Labute approximate surface area is 185 Å². The van der Waals surface area contributed by atoms with Crippen molar-refractivity contribution < 1.29 is 29.0 Å². The number of amides is 2. The second-order valence-electron chi connectivity index (χ2n) is 8.23. The van der Waals surface area contributed by atoms with Crippen molar-refractivity contribution in [2.75, 3.05) is 19.8 Å². The van der Waals surface area contributed by atoms with Crippen molar-refractivity contribution >= 4 is 18.0 Å². The molecule has 2 aromatic rings. The molecule has 2 aromatic carbocycles. The fourth-order valence-electron chi connectivity index (χ4n) is 4.38. The van der Waals surface area contributed by atoms with Gasteiger partial charge in [-0.1, -0.05) is 48.5 Å². The third-order valence-corrected chi connectivity index (χ3v) is 5.94. The lowest BCUT2D eigenvalue weighted by Crippen LogP contribution is -2.45. The van der Waals surface area contributed by atoms with E-state index in [1.807, 2.05) is 36.4 Å². The molecule has 1 aliphatic heterocycles. The van der Waals surface area contributed by atoms with Gasteiger partial charge in [0.15, 0.2) is 0 Å². The summed E-state index contributed by atoms with van der Waals surface area (Å²) in [6, 6.07) is 15.1. The highest BCUT2D eigenvalue weighted by Gasteiger charge is 2.35. The van der Waals surface area contributed by atoms with E-state index in [0.29, 0.717) is 0 Å². The molecule has 1 aliphatic carbocycles. The van der Waals surface area contributed by atoms with Crippen LogP contribution in [0.25, 0.3) is 11.1 Å². The zero-order valence-corrected chi connectivity index (χ0v) is 17.7. The summed E-state index contributed by atoms with van der Waals surface area (Å²) in [7, 11) is 0. The van der Waals surface area contributed by atoms with Crippen LogP contribution in [-0.4, -0.2) is 55.0 Å². The van der Waals surface area contributed by atoms with Gasteiger partial charge in [-0.25, -0.2) is 4.79 Å². The average molecular weight is 438 g/mol. The molecule has 0 bridgehead atoms. The number of carboxylic acids is 1. The van der Waals surface area contributed by atoms with Gasteiger partial charge in [0.05, 0.1) is 19.3 Å². The van der Waals surface area contributed by atoms with E-state index in [1.165, 1.54) is 0 Å². The summed E-state index contributed by atoms with van der Waals surface area (Å²) in [6.45, 7) is 2.13. The Kier molecular flexibility index (Phi) is 6.41. The summed E-state index contributed by atoms with van der Waals surface area (Å²) >= 11 is 0. The number of carbonyl (C=O) groups excluding carboxylic acids is 2. The van der Waals surface area contributed by atoms with E-state index in [0.717, 1.165) is 22.3 Å². The maximum Gasteiger partial charge on any atom is 0.407 e. The second kappa shape index (κ2) is 9.40. The first-order valence-electron chi connectivity index (χ1n) is 10.7. The lowest BCUT2D eigenvalue weighted by atomic mass is 9.98. The van der Waals surface area contributed by atoms with Gasteiger partial charge < -0.3 is 25.2 Å². The van der Waals surface area contributed by atoms with Crippen LogP contribution in [0.5, 0.6) is 0 Å². The van der Waals surface area contributed by atoms with Gasteiger partial charge in [-0.2, -0.15) is 0 Å². The number of hydrogen-bond acceptors (Lipinski definition) is 5. The third kappa shape index (κ3) is 4.60. The molecule has 2 aliphatic rings. The van der Waals surface area contributed by atoms with Crippen LogP contribution in [0.3, 0.4) is 0 Å². The van der Waals surface area contributed by atoms with Crippen LogP contribution in [0.4, 0.5) is 4.79 Å². The van der Waals surface area contributed by atoms with Gasteiger partial charge >= 0.3 is 12.1 Å². The smallest absolute Gasteiger partial charge is 0.407 e. The van der Waals surface area contributed by atoms with Crippen molar-refractivity contribution in [1.82, 2.24) is 10.6 Å². The summed E-state index contributed by atoms with van der Waals surface area (Å²) in [6.07, 6.45) is -0.590. The molecule has 8 heteroatoms. The topological polar surface area (TPSA) is 114 Å². The quantitative estimate of drug-likeness (QED) is 0.612. The van der Waals surface area contributed by atoms with Gasteiger partial charge in [0.25, 0.3) is 0 Å². The van der Waals surface area contributed by atoms with E-state index >= 15 is 0 Å². The molecule has 1 fully saturated rings. The van der Waals surface area contributed by atoms with Gasteiger partial charge in [-0.15, -0.1) is 0 Å². The third-order valence-electron chi connectivity index (χ3n) is 5.94. The number of alkyl carbamates (subject to hydrolysis) is 1. The van der Waals surface area contributed by atoms with E-state index < -0.39 is 30.1 Å². The standard InChI is InChI=1S/C24H26N2O6/c1-14(10-22(27)26-21-13-31-11-20(21)23(28)29)25-24(30)32-12-19-17-8-4-2-6-15(17)16-7-3-5-9-18(16)19/h2-9,14,19-21H,10-13H2,1H3,(H,25,30)(H,26,27)(H,28,29)/t14-,20?,21?/m0/s1. The largest absolute Gasteiger partial charge is 0.481 e. The van der Waals surface area contributed by atoms with Crippen LogP contribution in [0.1, 0.15) is 30.4 Å². The van der Waals surface area contributed by atoms with Gasteiger partial charge in [0.2, 0.25) is 5.91 Å². The van der Waals surface area contributed by atoms with Crippen LogP contribution in [-0.2, 0) is 19.1 Å². The van der Waals surface area contributed by atoms with Gasteiger partial charge in [0, 0.05) is 18.4 Å². The minimum atomic E-state index is -1.00. The normalized spacial score (nSPS) is 20.2. The summed E-state index contributed by atoms with van der Waals surface area (Å²) in [4.78, 5) is 35.8. The number of carboxylic acid groups (broad SMARTS) is 1. The summed E-state index contributed by atoms with van der Waals surface area (Å²) in [5.41, 5.74) is 4.55. The Morgan fingerprint density at radius 1 is 1.06 bits per heavy atom. The molecule has 1 saturated heterocycles. The summed E-state index contributed by atoms with van der Waals surface area (Å²) in [5.74, 6) is -2.15. The molecule has 168 valence electrons. The molecule has 2 amide bonds. The number of benzene rings is 2. The molecule has 0 spiro atoms. The number of carbonyl (C=O) groups is 3. The first kappa shape index (κ1) is 21.8. The average Bonchev–Trinajstić information content (AvgIpc) is 3.34. The first-order chi connectivity index (χ1) is 15.4. The number of aliphatic carboxylic acids is 1. The monoisotopic (exact) mass is 438 g/mol. The van der Waals surface area contributed by atoms with Crippen molar-refractivity contribution in [3.05, 3.63) is 59.7 Å². The molecular weight excluding hydrogens is 412 g/mol. The van der Waals surface area contributed by atoms with Crippen molar-refractivity contribution in [3.63, 3.8) is 0 Å². The molecule has 8 nitrogen and oxygen atoms in total. The van der Waals surface area contributed by atoms with Crippen LogP contribution < -0.4 is 10.6 Å². The van der Waals surface area contributed by atoms with E-state index in [1.54, 1.807) is 6.92 Å². The zero-order valence-electron chi connectivity index (χ0n) is 17.7. The Balaban J connectivity index is 1.28. The van der Waals surface area contributed by atoms with Crippen LogP contribution in [0.2, 0.25) is 0 Å². The minimum Gasteiger partial charge on any atom is -0.481 e. The molecule has 0 saturated carbocycles. The van der Waals surface area contributed by atoms with E-state index in [9.17, 15) is 14.4 Å². The number of nitrogens with one attached hydrogen (secondary N) is 2. The number of hydrogen-bond donors (Lipinski definition) is 3. The van der Waals surface area contributed by atoms with Crippen LogP contribution >= 0.6 is 0 Å². The molecule has 32 heavy (non-hydrogen) atoms. The van der Waals surface area contributed by atoms with E-state index in [4.69, 9.17) is 14.6 Å². The molecular formula is C24H26N2O6. The number of fused-ring (bicyclic) bond motifs is 3. The predicted molar refractivity (Wildman–Crippen MR) is 116 cm³/mol. The van der Waals surface area contributed by atoms with Gasteiger partial charge in [-0.05, 0) is 29.2 Å². The zero-order chi connectivity index (χ0) is 22.7. The molecule has 0 aromatic heterocycles. The lowest BCUT2D eigenvalue weighted by molar-refractivity contribution is -0.142. The Morgan fingerprint density at radius 3 is 2.31 bits per heavy atom. The molecule has 0 radical (unpaired) electrons. The Hall–Kier alpha value is -3.39. The highest BCUT2D eigenvalue weighted by molar-refractivity contribution is 5.80. The fraction of sp³-hybridized carbons (Fsp3) is 0.375. The minimum absolute atomic E-state index is 0.00698. The molecule has 4 rings (SSSR count). The lowest BCUT2D eigenvalue weighted by Gasteiger charge is -2.19. The maximum atomic E-state index is 12.3. The van der Waals surface area contributed by atoms with Crippen molar-refractivity contribution in [1.29, 1.82) is 0 Å².